The van der Waals surface area contributed by atoms with Crippen LogP contribution in [-0.2, 0) is 4.79 Å². The minimum Gasteiger partial charge on any atom is -0.480 e. The number of aliphatic hydroxyl groups is 1. The molecule has 0 aromatic carbocycles. The van der Waals surface area contributed by atoms with Crippen molar-refractivity contribution >= 4 is 12.0 Å². The number of likely N-dealkylation sites (tertiary alicyclic amines) is 1. The van der Waals surface area contributed by atoms with Crippen LogP contribution in [0.4, 0.5) is 4.79 Å². The number of aliphatic carboxylic acids is 1. The Kier molecular flexibility index (Phi) is 5.17. The normalized spacial score (nSPS) is 24.1. The fourth-order valence-electron chi connectivity index (χ4n) is 2.30. The van der Waals surface area contributed by atoms with Crippen LogP contribution in [-0.4, -0.2) is 51.8 Å². The Morgan fingerprint density at radius 2 is 1.95 bits per heavy atom. The van der Waals surface area contributed by atoms with Crippen LogP contribution in [0.5, 0.6) is 0 Å². The highest BCUT2D eigenvalue weighted by atomic mass is 16.4. The summed E-state index contributed by atoms with van der Waals surface area (Å²) < 4.78 is 0. The zero-order valence-corrected chi connectivity index (χ0v) is 11.8. The summed E-state index contributed by atoms with van der Waals surface area (Å²) in [5, 5.41) is 21.7. The molecule has 1 aliphatic rings. The highest BCUT2D eigenvalue weighted by molar-refractivity contribution is 5.86. The third kappa shape index (κ3) is 3.37. The summed E-state index contributed by atoms with van der Waals surface area (Å²) in [6.45, 7) is 6.24. The summed E-state index contributed by atoms with van der Waals surface area (Å²) in [5.74, 6) is -0.845. The van der Waals surface area contributed by atoms with E-state index in [2.05, 4.69) is 5.32 Å². The molecule has 0 radical (unpaired) electrons. The Hall–Kier alpha value is -1.30. The number of rotatable bonds is 4. The van der Waals surface area contributed by atoms with Gasteiger partial charge in [-0.2, -0.15) is 0 Å². The molecule has 6 heteroatoms. The van der Waals surface area contributed by atoms with Gasteiger partial charge in [0.2, 0.25) is 0 Å². The largest absolute Gasteiger partial charge is 0.480 e. The van der Waals surface area contributed by atoms with E-state index in [0.29, 0.717) is 19.4 Å². The molecule has 0 spiro atoms. The van der Waals surface area contributed by atoms with Crippen LogP contribution in [0.25, 0.3) is 0 Å². The lowest BCUT2D eigenvalue weighted by atomic mass is 9.92. The lowest BCUT2D eigenvalue weighted by Crippen LogP contribution is -2.59. The number of hydrogen-bond donors (Lipinski definition) is 3. The molecule has 1 rings (SSSR count). The number of hydrogen-bond acceptors (Lipinski definition) is 3. The predicted octanol–water partition coefficient (Wildman–Crippen LogP) is 1.04. The van der Waals surface area contributed by atoms with Gasteiger partial charge < -0.3 is 20.4 Å². The van der Waals surface area contributed by atoms with Gasteiger partial charge in [-0.1, -0.05) is 20.8 Å². The molecule has 2 atom stereocenters. The van der Waals surface area contributed by atoms with Crippen LogP contribution >= 0.6 is 0 Å². The standard InChI is InChI=1S/C13H24N2O4/c1-4-13(5-2,11(17)18)14-12(19)15-7-6-9(3)10(16)8-15/h9-10,16H,4-8H2,1-3H3,(H,14,19)(H,17,18). The number of nitrogens with zero attached hydrogens (tertiary/aromatic N) is 1. The maximum absolute atomic E-state index is 12.1. The van der Waals surface area contributed by atoms with E-state index in [1.54, 1.807) is 13.8 Å². The molecule has 1 heterocycles. The number of piperidine rings is 1. The second-order valence-electron chi connectivity index (χ2n) is 5.30. The average molecular weight is 272 g/mol. The van der Waals surface area contributed by atoms with Crippen LogP contribution in [0.2, 0.25) is 0 Å². The lowest BCUT2D eigenvalue weighted by molar-refractivity contribution is -0.144. The first-order valence-electron chi connectivity index (χ1n) is 6.84. The van der Waals surface area contributed by atoms with Gasteiger partial charge in [0.15, 0.2) is 0 Å². The average Bonchev–Trinajstić information content (AvgIpc) is 2.38. The number of carboxylic acid groups (broad SMARTS) is 1. The van der Waals surface area contributed by atoms with Crippen LogP contribution in [0.15, 0.2) is 0 Å². The summed E-state index contributed by atoms with van der Waals surface area (Å²) in [5.41, 5.74) is -1.22. The number of carbonyl (C=O) groups excluding carboxylic acids is 1. The smallest absolute Gasteiger partial charge is 0.329 e. The van der Waals surface area contributed by atoms with Crippen molar-refractivity contribution in [1.82, 2.24) is 10.2 Å². The molecule has 1 aliphatic heterocycles. The first-order valence-corrected chi connectivity index (χ1v) is 6.84. The fraction of sp³-hybridized carbons (Fsp3) is 0.846. The Morgan fingerprint density at radius 3 is 2.37 bits per heavy atom. The number of β-amino-alcohol motifs (C(OH)–C–C–N with tert-alkyl or cyclic N) is 1. The Balaban J connectivity index is 2.70. The van der Waals surface area contributed by atoms with Crippen LogP contribution in [0.3, 0.4) is 0 Å². The third-order valence-corrected chi connectivity index (χ3v) is 4.17. The molecule has 0 bridgehead atoms. The van der Waals surface area contributed by atoms with Crippen molar-refractivity contribution in [2.45, 2.75) is 51.7 Å². The van der Waals surface area contributed by atoms with E-state index >= 15 is 0 Å². The highest BCUT2D eigenvalue weighted by Gasteiger charge is 2.38. The number of aliphatic hydroxyl groups excluding tert-OH is 1. The second kappa shape index (κ2) is 6.23. The van der Waals surface area contributed by atoms with Crippen molar-refractivity contribution in [3.63, 3.8) is 0 Å². The zero-order valence-electron chi connectivity index (χ0n) is 11.8. The van der Waals surface area contributed by atoms with Gasteiger partial charge in [-0.15, -0.1) is 0 Å². The van der Waals surface area contributed by atoms with E-state index in [1.807, 2.05) is 6.92 Å². The monoisotopic (exact) mass is 272 g/mol. The Bertz CT molecular complexity index is 342. The van der Waals surface area contributed by atoms with Gasteiger partial charge in [0.1, 0.15) is 5.54 Å². The Morgan fingerprint density at radius 1 is 1.37 bits per heavy atom. The van der Waals surface area contributed by atoms with E-state index in [0.717, 1.165) is 6.42 Å². The van der Waals surface area contributed by atoms with Crippen molar-refractivity contribution in [1.29, 1.82) is 0 Å². The summed E-state index contributed by atoms with van der Waals surface area (Å²) in [6, 6.07) is -0.406. The molecule has 1 fully saturated rings. The van der Waals surface area contributed by atoms with E-state index in [-0.39, 0.29) is 12.5 Å². The molecule has 110 valence electrons. The van der Waals surface area contributed by atoms with E-state index in [1.165, 1.54) is 4.90 Å². The number of urea groups is 1. The van der Waals surface area contributed by atoms with Gasteiger partial charge in [0, 0.05) is 13.1 Å². The maximum Gasteiger partial charge on any atom is 0.329 e. The molecule has 3 N–H and O–H groups in total. The first-order chi connectivity index (χ1) is 8.86. The third-order valence-electron chi connectivity index (χ3n) is 4.17. The van der Waals surface area contributed by atoms with E-state index in [4.69, 9.17) is 0 Å². The molecule has 0 aromatic heterocycles. The van der Waals surface area contributed by atoms with Gasteiger partial charge in [-0.3, -0.25) is 0 Å². The van der Waals surface area contributed by atoms with E-state index < -0.39 is 23.6 Å². The van der Waals surface area contributed by atoms with E-state index in [9.17, 15) is 19.8 Å². The lowest BCUT2D eigenvalue weighted by Gasteiger charge is -2.37. The van der Waals surface area contributed by atoms with Gasteiger partial charge in [-0.05, 0) is 25.2 Å². The molecular formula is C13H24N2O4. The second-order valence-corrected chi connectivity index (χ2v) is 5.30. The van der Waals surface area contributed by atoms with Crippen molar-refractivity contribution in [2.24, 2.45) is 5.92 Å². The molecule has 0 aliphatic carbocycles. The molecule has 0 aromatic rings. The molecule has 0 saturated carbocycles. The van der Waals surface area contributed by atoms with Crippen LogP contribution in [0, 0.1) is 5.92 Å². The van der Waals surface area contributed by atoms with Gasteiger partial charge >= 0.3 is 12.0 Å². The molecule has 6 nitrogen and oxygen atoms in total. The number of carboxylic acids is 1. The van der Waals surface area contributed by atoms with Crippen molar-refractivity contribution in [3.05, 3.63) is 0 Å². The number of nitrogens with one attached hydrogen (secondary N) is 1. The molecule has 19 heavy (non-hydrogen) atoms. The summed E-state index contributed by atoms with van der Waals surface area (Å²) in [4.78, 5) is 25.0. The van der Waals surface area contributed by atoms with Gasteiger partial charge in [-0.25, -0.2) is 9.59 Å². The Labute approximate surface area is 113 Å². The van der Waals surface area contributed by atoms with Crippen molar-refractivity contribution in [3.8, 4) is 0 Å². The highest BCUT2D eigenvalue weighted by Crippen LogP contribution is 2.20. The fourth-order valence-corrected chi connectivity index (χ4v) is 2.30. The summed E-state index contributed by atoms with van der Waals surface area (Å²) in [7, 11) is 0. The topological polar surface area (TPSA) is 89.9 Å². The van der Waals surface area contributed by atoms with Crippen LogP contribution < -0.4 is 5.32 Å². The van der Waals surface area contributed by atoms with Crippen molar-refractivity contribution in [2.75, 3.05) is 13.1 Å². The SMILES string of the molecule is CCC(CC)(NC(=O)N1CCC(C)C(O)C1)C(=O)O. The number of amides is 2. The minimum atomic E-state index is -1.22. The molecule has 2 amide bonds. The summed E-state index contributed by atoms with van der Waals surface area (Å²) in [6.07, 6.45) is 0.851. The number of carbonyl (C=O) groups is 2. The summed E-state index contributed by atoms with van der Waals surface area (Å²) >= 11 is 0. The zero-order chi connectivity index (χ0) is 14.6. The molecular weight excluding hydrogens is 248 g/mol. The first kappa shape index (κ1) is 15.8. The van der Waals surface area contributed by atoms with Crippen LogP contribution in [0.1, 0.15) is 40.0 Å². The van der Waals surface area contributed by atoms with Gasteiger partial charge in [0.25, 0.3) is 0 Å². The maximum atomic E-state index is 12.1. The van der Waals surface area contributed by atoms with Gasteiger partial charge in [0.05, 0.1) is 6.10 Å². The predicted molar refractivity (Wildman–Crippen MR) is 70.8 cm³/mol. The molecule has 1 saturated heterocycles. The quantitative estimate of drug-likeness (QED) is 0.713. The minimum absolute atomic E-state index is 0.172. The van der Waals surface area contributed by atoms with Crippen molar-refractivity contribution < 1.29 is 19.8 Å². The molecule has 2 unspecified atom stereocenters.